The second kappa shape index (κ2) is 6.16. The minimum Gasteiger partial charge on any atom is -0.507 e. The van der Waals surface area contributed by atoms with E-state index in [1.165, 1.54) is 6.92 Å². The summed E-state index contributed by atoms with van der Waals surface area (Å²) < 4.78 is 0. The first-order valence-corrected chi connectivity index (χ1v) is 7.25. The zero-order valence-corrected chi connectivity index (χ0v) is 12.8. The Morgan fingerprint density at radius 1 is 1.33 bits per heavy atom. The van der Waals surface area contributed by atoms with Crippen LogP contribution >= 0.6 is 0 Å². The molecule has 21 heavy (non-hydrogen) atoms. The van der Waals surface area contributed by atoms with Gasteiger partial charge in [-0.25, -0.2) is 0 Å². The van der Waals surface area contributed by atoms with Crippen LogP contribution in [0.5, 0.6) is 5.75 Å². The molecule has 1 aromatic carbocycles. The van der Waals surface area contributed by atoms with Crippen molar-refractivity contribution in [3.05, 3.63) is 28.8 Å². The van der Waals surface area contributed by atoms with Crippen molar-refractivity contribution in [1.29, 1.82) is 0 Å². The topological polar surface area (TPSA) is 69.6 Å². The Morgan fingerprint density at radius 3 is 2.71 bits per heavy atom. The molecular weight excluding hydrogens is 268 g/mol. The van der Waals surface area contributed by atoms with Gasteiger partial charge in [-0.1, -0.05) is 6.07 Å². The Balaban J connectivity index is 2.16. The second-order valence-electron chi connectivity index (χ2n) is 5.69. The van der Waals surface area contributed by atoms with Crippen LogP contribution in [0.3, 0.4) is 0 Å². The third-order valence-corrected chi connectivity index (χ3v) is 4.05. The third-order valence-electron chi connectivity index (χ3n) is 4.05. The quantitative estimate of drug-likeness (QED) is 0.872. The maximum Gasteiger partial charge on any atom is 0.257 e. The maximum atomic E-state index is 12.6. The second-order valence-corrected chi connectivity index (χ2v) is 5.69. The van der Waals surface area contributed by atoms with Gasteiger partial charge in [0.25, 0.3) is 5.91 Å². The molecular formula is C16H22N2O3. The van der Waals surface area contributed by atoms with Crippen LogP contribution in [0.15, 0.2) is 12.1 Å². The van der Waals surface area contributed by atoms with Gasteiger partial charge in [0.05, 0.1) is 5.56 Å². The number of hydrogen-bond acceptors (Lipinski definition) is 3. The van der Waals surface area contributed by atoms with Gasteiger partial charge in [-0.3, -0.25) is 9.59 Å². The number of aromatic hydroxyl groups is 1. The molecule has 0 aromatic heterocycles. The molecule has 5 nitrogen and oxygen atoms in total. The van der Waals surface area contributed by atoms with Crippen LogP contribution in [0.4, 0.5) is 0 Å². The summed E-state index contributed by atoms with van der Waals surface area (Å²) >= 11 is 0. The van der Waals surface area contributed by atoms with Crippen LogP contribution in [-0.4, -0.2) is 41.0 Å². The SMILES string of the molecule is CC(=O)NC1CCCN(C(=O)c2ccc(C)c(C)c2O)C1. The van der Waals surface area contributed by atoms with Crippen molar-refractivity contribution < 1.29 is 14.7 Å². The normalized spacial score (nSPS) is 18.4. The summed E-state index contributed by atoms with van der Waals surface area (Å²) in [6.45, 7) is 6.33. The summed E-state index contributed by atoms with van der Waals surface area (Å²) in [4.78, 5) is 25.4. The number of nitrogens with one attached hydrogen (secondary N) is 1. The fourth-order valence-electron chi connectivity index (χ4n) is 2.71. The number of piperidine rings is 1. The van der Waals surface area contributed by atoms with Crippen molar-refractivity contribution in [2.75, 3.05) is 13.1 Å². The Morgan fingerprint density at radius 2 is 2.05 bits per heavy atom. The molecule has 2 amide bonds. The van der Waals surface area contributed by atoms with Gasteiger partial charge in [0.2, 0.25) is 5.91 Å². The molecule has 1 fully saturated rings. The highest BCUT2D eigenvalue weighted by Crippen LogP contribution is 2.27. The van der Waals surface area contributed by atoms with E-state index >= 15 is 0 Å². The molecule has 2 N–H and O–H groups in total. The summed E-state index contributed by atoms with van der Waals surface area (Å²) in [5, 5.41) is 13.0. The zero-order chi connectivity index (χ0) is 15.6. The molecule has 0 radical (unpaired) electrons. The van der Waals surface area contributed by atoms with Crippen LogP contribution in [0.25, 0.3) is 0 Å². The van der Waals surface area contributed by atoms with E-state index in [2.05, 4.69) is 5.32 Å². The van der Waals surface area contributed by atoms with Crippen LogP contribution in [-0.2, 0) is 4.79 Å². The third kappa shape index (κ3) is 3.35. The Kier molecular flexibility index (Phi) is 4.50. The van der Waals surface area contributed by atoms with Crippen molar-refractivity contribution in [3.8, 4) is 5.75 Å². The number of carbonyl (C=O) groups excluding carboxylic acids is 2. The first kappa shape index (κ1) is 15.4. The van der Waals surface area contributed by atoms with Crippen molar-refractivity contribution in [1.82, 2.24) is 10.2 Å². The van der Waals surface area contributed by atoms with E-state index < -0.39 is 0 Å². The van der Waals surface area contributed by atoms with Gasteiger partial charge in [-0.2, -0.15) is 0 Å². The fourth-order valence-corrected chi connectivity index (χ4v) is 2.71. The van der Waals surface area contributed by atoms with Gasteiger partial charge in [0.1, 0.15) is 5.75 Å². The lowest BCUT2D eigenvalue weighted by atomic mass is 10.0. The summed E-state index contributed by atoms with van der Waals surface area (Å²) in [6, 6.07) is 3.51. The number of rotatable bonds is 2. The summed E-state index contributed by atoms with van der Waals surface area (Å²) in [7, 11) is 0. The summed E-state index contributed by atoms with van der Waals surface area (Å²) in [6.07, 6.45) is 1.73. The molecule has 1 aliphatic rings. The van der Waals surface area contributed by atoms with E-state index in [0.29, 0.717) is 18.7 Å². The van der Waals surface area contributed by atoms with E-state index in [9.17, 15) is 14.7 Å². The predicted octanol–water partition coefficient (Wildman–Crippen LogP) is 1.75. The highest BCUT2D eigenvalue weighted by Gasteiger charge is 2.26. The first-order valence-electron chi connectivity index (χ1n) is 7.25. The molecule has 1 aliphatic heterocycles. The molecule has 2 rings (SSSR count). The molecule has 114 valence electrons. The van der Waals surface area contributed by atoms with E-state index in [1.54, 1.807) is 17.9 Å². The number of nitrogens with zero attached hydrogens (tertiary/aromatic N) is 1. The molecule has 0 spiro atoms. The smallest absolute Gasteiger partial charge is 0.257 e. The summed E-state index contributed by atoms with van der Waals surface area (Å²) in [5.74, 6) is -0.198. The molecule has 0 saturated carbocycles. The van der Waals surface area contributed by atoms with Crippen LogP contribution in [0.2, 0.25) is 0 Å². The van der Waals surface area contributed by atoms with Crippen molar-refractivity contribution in [3.63, 3.8) is 0 Å². The number of phenols is 1. The zero-order valence-electron chi connectivity index (χ0n) is 12.8. The van der Waals surface area contributed by atoms with Gasteiger partial charge >= 0.3 is 0 Å². The average molecular weight is 290 g/mol. The van der Waals surface area contributed by atoms with E-state index in [-0.39, 0.29) is 23.6 Å². The minimum atomic E-state index is -0.175. The lowest BCUT2D eigenvalue weighted by molar-refractivity contribution is -0.120. The van der Waals surface area contributed by atoms with Crippen LogP contribution < -0.4 is 5.32 Å². The van der Waals surface area contributed by atoms with E-state index in [4.69, 9.17) is 0 Å². The van der Waals surface area contributed by atoms with Crippen molar-refractivity contribution >= 4 is 11.8 Å². The van der Waals surface area contributed by atoms with Gasteiger partial charge in [-0.05, 0) is 43.9 Å². The van der Waals surface area contributed by atoms with Crippen LogP contribution in [0, 0.1) is 13.8 Å². The number of likely N-dealkylation sites (tertiary alicyclic amines) is 1. The highest BCUT2D eigenvalue weighted by molar-refractivity contribution is 5.97. The molecule has 0 bridgehead atoms. The van der Waals surface area contributed by atoms with Crippen molar-refractivity contribution in [2.24, 2.45) is 0 Å². The standard InChI is InChI=1S/C16H22N2O3/c1-10-6-7-14(15(20)11(10)2)16(21)18-8-4-5-13(9-18)17-12(3)19/h6-7,13,20H,4-5,8-9H2,1-3H3,(H,17,19). The molecule has 1 heterocycles. The molecule has 1 atom stereocenters. The Hall–Kier alpha value is -2.04. The highest BCUT2D eigenvalue weighted by atomic mass is 16.3. The molecule has 1 saturated heterocycles. The lowest BCUT2D eigenvalue weighted by Gasteiger charge is -2.33. The summed E-state index contributed by atoms with van der Waals surface area (Å²) in [5.41, 5.74) is 2.02. The van der Waals surface area contributed by atoms with Gasteiger partial charge < -0.3 is 15.3 Å². The number of benzene rings is 1. The number of carbonyl (C=O) groups is 2. The monoisotopic (exact) mass is 290 g/mol. The largest absolute Gasteiger partial charge is 0.507 e. The minimum absolute atomic E-state index is 0.00566. The molecule has 0 aliphatic carbocycles. The molecule has 1 aromatic rings. The molecule has 1 unspecified atom stereocenters. The van der Waals surface area contributed by atoms with E-state index in [0.717, 1.165) is 24.0 Å². The lowest BCUT2D eigenvalue weighted by Crippen LogP contribution is -2.49. The van der Waals surface area contributed by atoms with Gasteiger partial charge in [0, 0.05) is 26.1 Å². The Labute approximate surface area is 125 Å². The van der Waals surface area contributed by atoms with Crippen molar-refractivity contribution in [2.45, 2.75) is 39.7 Å². The van der Waals surface area contributed by atoms with Gasteiger partial charge in [0.15, 0.2) is 0 Å². The van der Waals surface area contributed by atoms with E-state index in [1.807, 2.05) is 13.0 Å². The number of amides is 2. The fraction of sp³-hybridized carbons (Fsp3) is 0.500. The Bertz CT molecular complexity index is 569. The number of hydrogen-bond donors (Lipinski definition) is 2. The number of phenolic OH excluding ortho intramolecular Hbond substituents is 1. The molecule has 5 heteroatoms. The van der Waals surface area contributed by atoms with Gasteiger partial charge in [-0.15, -0.1) is 0 Å². The first-order chi connectivity index (χ1) is 9.90. The number of aryl methyl sites for hydroxylation is 1. The maximum absolute atomic E-state index is 12.6. The van der Waals surface area contributed by atoms with Crippen LogP contribution in [0.1, 0.15) is 41.3 Å². The predicted molar refractivity (Wildman–Crippen MR) is 80.3 cm³/mol. The average Bonchev–Trinajstić information content (AvgIpc) is 2.44.